The van der Waals surface area contributed by atoms with Crippen molar-refractivity contribution in [2.75, 3.05) is 0 Å². The predicted molar refractivity (Wildman–Crippen MR) is 140 cm³/mol. The molecule has 0 aromatic carbocycles. The minimum atomic E-state index is -1.51. The summed E-state index contributed by atoms with van der Waals surface area (Å²) < 4.78 is 0. The molecule has 4 nitrogen and oxygen atoms in total. The average molecular weight is 488 g/mol. The second-order valence-corrected chi connectivity index (χ2v) is 15.8. The molecule has 0 amide bonds. The van der Waals surface area contributed by atoms with Crippen LogP contribution in [0.25, 0.3) is 0 Å². The van der Waals surface area contributed by atoms with Gasteiger partial charge in [-0.2, -0.15) is 5.90 Å². The van der Waals surface area contributed by atoms with Crippen LogP contribution < -0.4 is 5.90 Å². The number of carbonyl (C=O) groups excluding carboxylic acids is 1. The molecule has 11 atom stereocenters. The first-order chi connectivity index (χ1) is 16.1. The maximum absolute atomic E-state index is 13.2. The van der Waals surface area contributed by atoms with Gasteiger partial charge in [-0.3, -0.25) is 0 Å². The fourth-order valence-electron chi connectivity index (χ4n) is 12.1. The fraction of sp³-hybridized carbons (Fsp3) is 0.968. The zero-order chi connectivity index (χ0) is 25.8. The van der Waals surface area contributed by atoms with Crippen molar-refractivity contribution in [2.24, 2.45) is 68.5 Å². The molecule has 0 bridgehead atoms. The highest BCUT2D eigenvalue weighted by molar-refractivity contribution is 5.80. The van der Waals surface area contributed by atoms with Crippen molar-refractivity contribution in [2.45, 2.75) is 125 Å². The van der Waals surface area contributed by atoms with Crippen molar-refractivity contribution in [3.8, 4) is 0 Å². The summed E-state index contributed by atoms with van der Waals surface area (Å²) in [6.07, 6.45) is 11.3. The second kappa shape index (κ2) is 7.71. The van der Waals surface area contributed by atoms with Crippen LogP contribution >= 0.6 is 0 Å². The lowest BCUT2D eigenvalue weighted by atomic mass is 9.30. The third-order valence-corrected chi connectivity index (χ3v) is 14.6. The van der Waals surface area contributed by atoms with Crippen molar-refractivity contribution in [1.82, 2.24) is 0 Å². The Hall–Kier alpha value is -0.610. The summed E-state index contributed by atoms with van der Waals surface area (Å²) in [6, 6.07) is 0. The van der Waals surface area contributed by atoms with Gasteiger partial charge in [-0.15, -0.1) is 0 Å². The minimum Gasteiger partial charge on any atom is -0.378 e. The van der Waals surface area contributed by atoms with Crippen molar-refractivity contribution in [3.63, 3.8) is 0 Å². The van der Waals surface area contributed by atoms with Gasteiger partial charge in [0.1, 0.15) is 0 Å². The molecule has 0 radical (unpaired) electrons. The Morgan fingerprint density at radius 3 is 2.14 bits per heavy atom. The zero-order valence-electron chi connectivity index (χ0n) is 23.9. The molecule has 0 aromatic rings. The molecule has 5 aliphatic rings. The van der Waals surface area contributed by atoms with Crippen molar-refractivity contribution in [3.05, 3.63) is 0 Å². The van der Waals surface area contributed by atoms with E-state index in [4.69, 9.17) is 10.7 Å². The van der Waals surface area contributed by atoms with Crippen LogP contribution in [-0.2, 0) is 9.63 Å². The van der Waals surface area contributed by atoms with E-state index in [-0.39, 0.29) is 22.2 Å². The van der Waals surface area contributed by atoms with Gasteiger partial charge in [-0.05, 0) is 121 Å². The van der Waals surface area contributed by atoms with E-state index in [9.17, 15) is 9.90 Å². The second-order valence-electron chi connectivity index (χ2n) is 15.8. The van der Waals surface area contributed by atoms with Gasteiger partial charge in [0, 0.05) is 5.41 Å². The summed E-state index contributed by atoms with van der Waals surface area (Å²) >= 11 is 0. The van der Waals surface area contributed by atoms with Crippen molar-refractivity contribution >= 4 is 5.97 Å². The van der Waals surface area contributed by atoms with E-state index in [1.165, 1.54) is 38.5 Å². The molecule has 0 saturated heterocycles. The standard InChI is InChI=1S/C31H53NO3/c1-19-11-13-27(5)16-17-28(6)21(24(27)20(19)2)9-10-23-29(28,7)14-12-22-26(3,4)15-18-31(34,25(33)35-32)30(22,23)8/h19-24,34H,9-18,32H2,1-8H3/t19-,20+,21-,22+,23+,24+,27-,28-,29-,30+,31?/m1/s1. The lowest BCUT2D eigenvalue weighted by Gasteiger charge is -2.75. The number of fused-ring (bicyclic) bond motifs is 7. The molecule has 35 heavy (non-hydrogen) atoms. The predicted octanol–water partition coefficient (Wildman–Crippen LogP) is 6.89. The molecule has 5 rings (SSSR count). The quantitative estimate of drug-likeness (QED) is 0.395. The normalized spacial score (nSPS) is 57.2. The van der Waals surface area contributed by atoms with Crippen LogP contribution in [0.3, 0.4) is 0 Å². The summed E-state index contributed by atoms with van der Waals surface area (Å²) in [5, 5.41) is 12.2. The van der Waals surface area contributed by atoms with Gasteiger partial charge in [0.25, 0.3) is 0 Å². The van der Waals surface area contributed by atoms with E-state index in [1.54, 1.807) is 0 Å². The molecular formula is C31H53NO3. The molecule has 0 heterocycles. The SMILES string of the molecule is C[C@@H]1[C@H]2[C@H]3CC[C@@H]4[C@]5(C)[C@@H](CC[C@@]4(C)[C@]3(C)CC[C@@]2(C)CC[C@H]1C)C(C)(C)CCC5(O)C(=O)ON. The van der Waals surface area contributed by atoms with Crippen molar-refractivity contribution < 1.29 is 14.7 Å². The van der Waals surface area contributed by atoms with Gasteiger partial charge in [0.15, 0.2) is 5.60 Å². The first-order valence-corrected chi connectivity index (χ1v) is 14.8. The van der Waals surface area contributed by atoms with Crippen LogP contribution in [0.5, 0.6) is 0 Å². The fourth-order valence-corrected chi connectivity index (χ4v) is 12.1. The molecule has 0 spiro atoms. The molecule has 3 N–H and O–H groups in total. The highest BCUT2D eigenvalue weighted by atomic mass is 16.7. The highest BCUT2D eigenvalue weighted by Gasteiger charge is 2.75. The van der Waals surface area contributed by atoms with Crippen LogP contribution in [0.2, 0.25) is 0 Å². The smallest absolute Gasteiger partial charge is 0.357 e. The molecular weight excluding hydrogens is 434 g/mol. The molecule has 5 saturated carbocycles. The van der Waals surface area contributed by atoms with Crippen molar-refractivity contribution in [1.29, 1.82) is 0 Å². The summed E-state index contributed by atoms with van der Waals surface area (Å²) in [7, 11) is 0. The maximum Gasteiger partial charge on any atom is 0.357 e. The molecule has 0 aromatic heterocycles. The largest absolute Gasteiger partial charge is 0.378 e. The highest BCUT2D eigenvalue weighted by Crippen LogP contribution is 2.78. The lowest BCUT2D eigenvalue weighted by Crippen LogP contribution is -2.73. The van der Waals surface area contributed by atoms with Crippen LogP contribution in [0.4, 0.5) is 0 Å². The van der Waals surface area contributed by atoms with E-state index in [1.807, 2.05) is 0 Å². The van der Waals surface area contributed by atoms with Gasteiger partial charge >= 0.3 is 5.97 Å². The number of nitrogens with two attached hydrogens (primary N) is 1. The number of aliphatic hydroxyl groups is 1. The Morgan fingerprint density at radius 2 is 1.49 bits per heavy atom. The summed E-state index contributed by atoms with van der Waals surface area (Å²) in [4.78, 5) is 18.1. The Morgan fingerprint density at radius 1 is 0.800 bits per heavy atom. The summed E-state index contributed by atoms with van der Waals surface area (Å²) in [5.74, 6) is 8.52. The van der Waals surface area contributed by atoms with E-state index < -0.39 is 17.0 Å². The third kappa shape index (κ3) is 3.02. The minimum absolute atomic E-state index is 0.0907. The van der Waals surface area contributed by atoms with Gasteiger partial charge in [0.05, 0.1) is 0 Å². The van der Waals surface area contributed by atoms with Gasteiger partial charge < -0.3 is 9.94 Å². The first kappa shape index (κ1) is 26.0. The zero-order valence-corrected chi connectivity index (χ0v) is 23.9. The number of hydrogen-bond acceptors (Lipinski definition) is 4. The lowest BCUT2D eigenvalue weighted by molar-refractivity contribution is -0.292. The average Bonchev–Trinajstić information content (AvgIpc) is 2.79. The molecule has 4 heteroatoms. The first-order valence-electron chi connectivity index (χ1n) is 14.8. The van der Waals surface area contributed by atoms with Crippen LogP contribution in [0.15, 0.2) is 0 Å². The van der Waals surface area contributed by atoms with E-state index >= 15 is 0 Å². The monoisotopic (exact) mass is 487 g/mol. The van der Waals surface area contributed by atoms with E-state index in [2.05, 4.69) is 55.4 Å². The topological polar surface area (TPSA) is 72.5 Å². The Kier molecular flexibility index (Phi) is 5.73. The Bertz CT molecular complexity index is 886. The van der Waals surface area contributed by atoms with E-state index in [0.29, 0.717) is 17.8 Å². The Balaban J connectivity index is 1.61. The molecule has 200 valence electrons. The molecule has 1 unspecified atom stereocenters. The van der Waals surface area contributed by atoms with E-state index in [0.717, 1.165) is 42.9 Å². The van der Waals surface area contributed by atoms with Crippen LogP contribution in [0.1, 0.15) is 120 Å². The maximum atomic E-state index is 13.2. The Labute approximate surface area is 214 Å². The number of hydrogen-bond donors (Lipinski definition) is 2. The third-order valence-electron chi connectivity index (χ3n) is 14.6. The summed E-state index contributed by atoms with van der Waals surface area (Å²) in [6.45, 7) is 19.8. The molecule has 5 aliphatic carbocycles. The van der Waals surface area contributed by atoms with Crippen LogP contribution in [-0.4, -0.2) is 16.7 Å². The summed E-state index contributed by atoms with van der Waals surface area (Å²) in [5.41, 5.74) is -1.15. The number of rotatable bonds is 1. The van der Waals surface area contributed by atoms with Gasteiger partial charge in [0.2, 0.25) is 0 Å². The number of carbonyl (C=O) groups is 1. The van der Waals surface area contributed by atoms with Gasteiger partial charge in [-0.25, -0.2) is 4.79 Å². The van der Waals surface area contributed by atoms with Crippen LogP contribution in [0, 0.1) is 62.6 Å². The molecule has 0 aliphatic heterocycles. The molecule has 5 fully saturated rings. The van der Waals surface area contributed by atoms with Gasteiger partial charge in [-0.1, -0.05) is 55.4 Å².